The van der Waals surface area contributed by atoms with Gasteiger partial charge in [-0.3, -0.25) is 0 Å². The van der Waals surface area contributed by atoms with Gasteiger partial charge in [-0.25, -0.2) is 0 Å². The normalized spacial score (nSPS) is 12.8. The van der Waals surface area contributed by atoms with E-state index in [4.69, 9.17) is 10.8 Å². The number of phenols is 1. The van der Waals surface area contributed by atoms with Crippen molar-refractivity contribution in [3.8, 4) is 5.75 Å². The molecule has 0 saturated carbocycles. The number of aromatic hydroxyl groups is 1. The number of aryl methyl sites for hydroxylation is 1. The minimum Gasteiger partial charge on any atom is -0.508 e. The third kappa shape index (κ3) is 2.44. The molecule has 1 unspecified atom stereocenters. The van der Waals surface area contributed by atoms with E-state index in [2.05, 4.69) is 0 Å². The Kier molecular flexibility index (Phi) is 3.28. The summed E-state index contributed by atoms with van der Waals surface area (Å²) in [7, 11) is 0. The van der Waals surface area contributed by atoms with Crippen LogP contribution in [-0.2, 0) is 6.42 Å². The van der Waals surface area contributed by atoms with Crippen LogP contribution in [0.25, 0.3) is 0 Å². The number of benzene rings is 1. The second kappa shape index (κ2) is 4.25. The first kappa shape index (κ1) is 10.0. The van der Waals surface area contributed by atoms with Crippen molar-refractivity contribution < 1.29 is 10.2 Å². The molecule has 0 aliphatic carbocycles. The van der Waals surface area contributed by atoms with E-state index in [1.807, 2.05) is 13.0 Å². The van der Waals surface area contributed by atoms with Crippen LogP contribution < -0.4 is 5.73 Å². The van der Waals surface area contributed by atoms with Crippen LogP contribution in [0.3, 0.4) is 0 Å². The largest absolute Gasteiger partial charge is 0.508 e. The molecule has 0 bridgehead atoms. The molecule has 72 valence electrons. The quantitative estimate of drug-likeness (QED) is 0.650. The van der Waals surface area contributed by atoms with Crippen LogP contribution in [-0.4, -0.2) is 16.8 Å². The summed E-state index contributed by atoms with van der Waals surface area (Å²) in [4.78, 5) is 0. The van der Waals surface area contributed by atoms with E-state index in [-0.39, 0.29) is 12.4 Å². The summed E-state index contributed by atoms with van der Waals surface area (Å²) in [5, 5.41) is 18.2. The van der Waals surface area contributed by atoms with Crippen molar-refractivity contribution in [1.82, 2.24) is 0 Å². The lowest BCUT2D eigenvalue weighted by Crippen LogP contribution is -2.14. The third-order valence-electron chi connectivity index (χ3n) is 2.03. The molecule has 0 saturated heterocycles. The molecule has 0 aliphatic rings. The number of hydrogen-bond acceptors (Lipinski definition) is 3. The monoisotopic (exact) mass is 181 g/mol. The van der Waals surface area contributed by atoms with Gasteiger partial charge in [0.25, 0.3) is 0 Å². The summed E-state index contributed by atoms with van der Waals surface area (Å²) in [5.74, 6) is 0.207. The fourth-order valence-corrected chi connectivity index (χ4v) is 1.22. The van der Waals surface area contributed by atoms with E-state index in [0.717, 1.165) is 17.5 Å². The smallest absolute Gasteiger partial charge is 0.116 e. The Hall–Kier alpha value is -1.06. The molecule has 0 fully saturated rings. The van der Waals surface area contributed by atoms with Crippen LogP contribution in [0.2, 0.25) is 0 Å². The number of phenolic OH excluding ortho intramolecular Hbond substituents is 1. The SMILES string of the molecule is CCc1cc(O)cc(C(N)CO)c1. The van der Waals surface area contributed by atoms with Crippen molar-refractivity contribution in [2.75, 3.05) is 6.61 Å². The average Bonchev–Trinajstić information content (AvgIpc) is 2.15. The molecule has 13 heavy (non-hydrogen) atoms. The highest BCUT2D eigenvalue weighted by Crippen LogP contribution is 2.20. The van der Waals surface area contributed by atoms with Gasteiger partial charge in [0.2, 0.25) is 0 Å². The maximum atomic E-state index is 9.33. The van der Waals surface area contributed by atoms with Crippen LogP contribution in [0.4, 0.5) is 0 Å². The summed E-state index contributed by atoms with van der Waals surface area (Å²) in [6, 6.07) is 4.78. The molecule has 0 amide bonds. The van der Waals surface area contributed by atoms with Crippen molar-refractivity contribution in [2.45, 2.75) is 19.4 Å². The van der Waals surface area contributed by atoms with Crippen molar-refractivity contribution in [3.05, 3.63) is 29.3 Å². The Bertz CT molecular complexity index is 286. The molecule has 0 spiro atoms. The van der Waals surface area contributed by atoms with Gasteiger partial charge in [-0.2, -0.15) is 0 Å². The topological polar surface area (TPSA) is 66.5 Å². The highest BCUT2D eigenvalue weighted by Gasteiger charge is 2.06. The van der Waals surface area contributed by atoms with Crippen LogP contribution in [0.1, 0.15) is 24.1 Å². The Morgan fingerprint density at radius 3 is 2.62 bits per heavy atom. The molecule has 0 aliphatic heterocycles. The zero-order valence-corrected chi connectivity index (χ0v) is 7.70. The number of hydrogen-bond donors (Lipinski definition) is 3. The van der Waals surface area contributed by atoms with Crippen molar-refractivity contribution in [1.29, 1.82) is 0 Å². The van der Waals surface area contributed by atoms with Crippen LogP contribution in [0, 0.1) is 0 Å². The molecule has 1 aromatic rings. The molecule has 3 nitrogen and oxygen atoms in total. The first-order valence-corrected chi connectivity index (χ1v) is 4.36. The lowest BCUT2D eigenvalue weighted by Gasteiger charge is -2.10. The second-order valence-electron chi connectivity index (χ2n) is 3.08. The minimum atomic E-state index is -0.405. The lowest BCUT2D eigenvalue weighted by molar-refractivity contribution is 0.267. The van der Waals surface area contributed by atoms with Gasteiger partial charge in [-0.05, 0) is 29.7 Å². The molecular weight excluding hydrogens is 166 g/mol. The van der Waals surface area contributed by atoms with E-state index >= 15 is 0 Å². The fourth-order valence-electron chi connectivity index (χ4n) is 1.22. The summed E-state index contributed by atoms with van der Waals surface area (Å²) >= 11 is 0. The number of rotatable bonds is 3. The zero-order valence-electron chi connectivity index (χ0n) is 7.70. The first-order valence-electron chi connectivity index (χ1n) is 4.36. The zero-order chi connectivity index (χ0) is 9.84. The van der Waals surface area contributed by atoms with E-state index in [9.17, 15) is 5.11 Å². The predicted molar refractivity (Wildman–Crippen MR) is 51.5 cm³/mol. The first-order chi connectivity index (χ1) is 6.17. The molecule has 1 rings (SSSR count). The Balaban J connectivity index is 3.01. The highest BCUT2D eigenvalue weighted by molar-refractivity contribution is 5.35. The molecular formula is C10H15NO2. The number of aliphatic hydroxyl groups excluding tert-OH is 1. The Morgan fingerprint density at radius 1 is 1.38 bits per heavy atom. The van der Waals surface area contributed by atoms with E-state index in [1.165, 1.54) is 0 Å². The van der Waals surface area contributed by atoms with E-state index < -0.39 is 6.04 Å². The maximum Gasteiger partial charge on any atom is 0.116 e. The third-order valence-corrected chi connectivity index (χ3v) is 2.03. The average molecular weight is 181 g/mol. The van der Waals surface area contributed by atoms with Gasteiger partial charge in [0.15, 0.2) is 0 Å². The van der Waals surface area contributed by atoms with Crippen LogP contribution in [0.15, 0.2) is 18.2 Å². The summed E-state index contributed by atoms with van der Waals surface area (Å²) in [6.45, 7) is 1.90. The summed E-state index contributed by atoms with van der Waals surface area (Å²) < 4.78 is 0. The highest BCUT2D eigenvalue weighted by atomic mass is 16.3. The van der Waals surface area contributed by atoms with E-state index in [1.54, 1.807) is 12.1 Å². The lowest BCUT2D eigenvalue weighted by atomic mass is 10.0. The van der Waals surface area contributed by atoms with Gasteiger partial charge in [0.05, 0.1) is 12.6 Å². The van der Waals surface area contributed by atoms with Crippen molar-refractivity contribution >= 4 is 0 Å². The standard InChI is InChI=1S/C10H15NO2/c1-2-7-3-8(10(11)6-12)5-9(13)4-7/h3-5,10,12-13H,2,6,11H2,1H3. The van der Waals surface area contributed by atoms with Gasteiger partial charge < -0.3 is 15.9 Å². The maximum absolute atomic E-state index is 9.33. The predicted octanol–water partition coefficient (Wildman–Crippen LogP) is 0.947. The van der Waals surface area contributed by atoms with Gasteiger partial charge in [-0.1, -0.05) is 13.0 Å². The van der Waals surface area contributed by atoms with Crippen LogP contribution in [0.5, 0.6) is 5.75 Å². The molecule has 3 heteroatoms. The molecule has 0 heterocycles. The van der Waals surface area contributed by atoms with Crippen LogP contribution >= 0.6 is 0 Å². The van der Waals surface area contributed by atoms with Gasteiger partial charge in [0.1, 0.15) is 5.75 Å². The molecule has 1 aromatic carbocycles. The molecule has 0 radical (unpaired) electrons. The summed E-state index contributed by atoms with van der Waals surface area (Å²) in [6.07, 6.45) is 0.847. The molecule has 4 N–H and O–H groups in total. The minimum absolute atomic E-state index is 0.105. The van der Waals surface area contributed by atoms with Gasteiger partial charge in [0, 0.05) is 0 Å². The van der Waals surface area contributed by atoms with E-state index in [0.29, 0.717) is 0 Å². The summed E-state index contributed by atoms with van der Waals surface area (Å²) in [5.41, 5.74) is 7.43. The van der Waals surface area contributed by atoms with Crippen molar-refractivity contribution in [3.63, 3.8) is 0 Å². The second-order valence-corrected chi connectivity index (χ2v) is 3.08. The Morgan fingerprint density at radius 2 is 2.08 bits per heavy atom. The van der Waals surface area contributed by atoms with Crippen molar-refractivity contribution in [2.24, 2.45) is 5.73 Å². The van der Waals surface area contributed by atoms with Gasteiger partial charge in [-0.15, -0.1) is 0 Å². The fraction of sp³-hybridized carbons (Fsp3) is 0.400. The van der Waals surface area contributed by atoms with Gasteiger partial charge >= 0.3 is 0 Å². The number of nitrogens with two attached hydrogens (primary N) is 1. The molecule has 0 aromatic heterocycles. The molecule has 1 atom stereocenters. The number of aliphatic hydroxyl groups is 1. The Labute approximate surface area is 77.8 Å².